The van der Waals surface area contributed by atoms with E-state index in [-0.39, 0.29) is 5.54 Å². The minimum Gasteiger partial charge on any atom is -0.497 e. The van der Waals surface area contributed by atoms with Crippen LogP contribution in [0.4, 0.5) is 0 Å². The average molecular weight is 249 g/mol. The van der Waals surface area contributed by atoms with Gasteiger partial charge in [-0.2, -0.15) is 0 Å². The van der Waals surface area contributed by atoms with Gasteiger partial charge in [-0.15, -0.1) is 0 Å². The van der Waals surface area contributed by atoms with E-state index in [0.29, 0.717) is 6.04 Å². The molecule has 1 aromatic carbocycles. The summed E-state index contributed by atoms with van der Waals surface area (Å²) in [5.41, 5.74) is 1.45. The SMILES string of the molecule is COc1ccc(CCC2COCC(C)(C)N2)cc1. The molecule has 1 saturated heterocycles. The molecule has 1 N–H and O–H groups in total. The third-order valence-corrected chi connectivity index (χ3v) is 3.32. The van der Waals surface area contributed by atoms with Crippen LogP contribution in [-0.2, 0) is 11.2 Å². The molecule has 0 aliphatic carbocycles. The van der Waals surface area contributed by atoms with Crippen LogP contribution in [0.3, 0.4) is 0 Å². The number of benzene rings is 1. The molecule has 1 unspecified atom stereocenters. The minimum absolute atomic E-state index is 0.100. The number of rotatable bonds is 4. The zero-order chi connectivity index (χ0) is 13.0. The standard InChI is InChI=1S/C15H23NO2/c1-15(2)11-18-10-13(16-15)7-4-12-5-8-14(17-3)9-6-12/h5-6,8-9,13,16H,4,7,10-11H2,1-3H3. The van der Waals surface area contributed by atoms with Gasteiger partial charge in [-0.3, -0.25) is 0 Å². The van der Waals surface area contributed by atoms with Crippen molar-refractivity contribution in [1.29, 1.82) is 0 Å². The van der Waals surface area contributed by atoms with Crippen LogP contribution >= 0.6 is 0 Å². The van der Waals surface area contributed by atoms with Crippen molar-refractivity contribution in [2.75, 3.05) is 20.3 Å². The van der Waals surface area contributed by atoms with Crippen LogP contribution in [0, 0.1) is 0 Å². The van der Waals surface area contributed by atoms with Gasteiger partial charge in [0.1, 0.15) is 5.75 Å². The van der Waals surface area contributed by atoms with E-state index in [9.17, 15) is 0 Å². The lowest BCUT2D eigenvalue weighted by atomic mass is 9.99. The lowest BCUT2D eigenvalue weighted by molar-refractivity contribution is 0.0113. The predicted octanol–water partition coefficient (Wildman–Crippen LogP) is 2.39. The van der Waals surface area contributed by atoms with E-state index in [2.05, 4.69) is 31.3 Å². The van der Waals surface area contributed by atoms with Crippen molar-refractivity contribution in [3.8, 4) is 5.75 Å². The number of ether oxygens (including phenoxy) is 2. The maximum atomic E-state index is 5.64. The molecule has 1 aromatic rings. The maximum absolute atomic E-state index is 5.64. The molecule has 0 spiro atoms. The highest BCUT2D eigenvalue weighted by atomic mass is 16.5. The van der Waals surface area contributed by atoms with Crippen molar-refractivity contribution in [3.05, 3.63) is 29.8 Å². The summed E-state index contributed by atoms with van der Waals surface area (Å²) in [6.07, 6.45) is 2.18. The summed E-state index contributed by atoms with van der Waals surface area (Å²) in [5.74, 6) is 0.916. The van der Waals surface area contributed by atoms with E-state index in [1.807, 2.05) is 12.1 Å². The van der Waals surface area contributed by atoms with Gasteiger partial charge >= 0.3 is 0 Å². The lowest BCUT2D eigenvalue weighted by Gasteiger charge is -2.37. The van der Waals surface area contributed by atoms with Gasteiger partial charge in [0, 0.05) is 11.6 Å². The van der Waals surface area contributed by atoms with Gasteiger partial charge in [0.05, 0.1) is 20.3 Å². The van der Waals surface area contributed by atoms with E-state index in [4.69, 9.17) is 9.47 Å². The Kier molecular flexibility index (Phi) is 4.25. The molecule has 3 nitrogen and oxygen atoms in total. The van der Waals surface area contributed by atoms with Crippen molar-refractivity contribution in [2.24, 2.45) is 0 Å². The Morgan fingerprint density at radius 2 is 2.06 bits per heavy atom. The summed E-state index contributed by atoms with van der Waals surface area (Å²) in [5, 5.41) is 3.64. The molecule has 0 aromatic heterocycles. The molecule has 0 amide bonds. The fourth-order valence-electron chi connectivity index (χ4n) is 2.38. The molecule has 3 heteroatoms. The molecule has 1 fully saturated rings. The van der Waals surface area contributed by atoms with Crippen LogP contribution < -0.4 is 10.1 Å². The van der Waals surface area contributed by atoms with Gasteiger partial charge < -0.3 is 14.8 Å². The van der Waals surface area contributed by atoms with Gasteiger partial charge in [-0.1, -0.05) is 12.1 Å². The van der Waals surface area contributed by atoms with Crippen LogP contribution in [0.25, 0.3) is 0 Å². The molecule has 0 bridgehead atoms. The van der Waals surface area contributed by atoms with E-state index in [1.165, 1.54) is 5.56 Å². The molecule has 1 atom stereocenters. The number of hydrogen-bond acceptors (Lipinski definition) is 3. The zero-order valence-corrected chi connectivity index (χ0v) is 11.5. The Bertz CT molecular complexity index is 373. The largest absolute Gasteiger partial charge is 0.497 e. The highest BCUT2D eigenvalue weighted by Gasteiger charge is 2.27. The van der Waals surface area contributed by atoms with Crippen molar-refractivity contribution >= 4 is 0 Å². The molecule has 1 aliphatic rings. The van der Waals surface area contributed by atoms with Crippen molar-refractivity contribution in [1.82, 2.24) is 5.32 Å². The van der Waals surface area contributed by atoms with E-state index < -0.39 is 0 Å². The first-order chi connectivity index (χ1) is 8.59. The Labute approximate surface area is 109 Å². The Morgan fingerprint density at radius 3 is 2.67 bits per heavy atom. The van der Waals surface area contributed by atoms with Gasteiger partial charge in [0.2, 0.25) is 0 Å². The summed E-state index contributed by atoms with van der Waals surface area (Å²) in [6.45, 7) is 5.99. The molecular formula is C15H23NO2. The number of nitrogens with one attached hydrogen (secondary N) is 1. The second-order valence-corrected chi connectivity index (χ2v) is 5.63. The van der Waals surface area contributed by atoms with Gasteiger partial charge in [-0.25, -0.2) is 0 Å². The zero-order valence-electron chi connectivity index (χ0n) is 11.5. The minimum atomic E-state index is 0.100. The molecule has 0 saturated carbocycles. The smallest absolute Gasteiger partial charge is 0.118 e. The molecule has 1 aliphatic heterocycles. The maximum Gasteiger partial charge on any atom is 0.118 e. The lowest BCUT2D eigenvalue weighted by Crippen LogP contribution is -2.55. The summed E-state index contributed by atoms with van der Waals surface area (Å²) in [6, 6.07) is 8.76. The summed E-state index contributed by atoms with van der Waals surface area (Å²) in [4.78, 5) is 0. The third-order valence-electron chi connectivity index (χ3n) is 3.32. The number of aryl methyl sites for hydroxylation is 1. The van der Waals surface area contributed by atoms with E-state index >= 15 is 0 Å². The first-order valence-electron chi connectivity index (χ1n) is 6.57. The van der Waals surface area contributed by atoms with E-state index in [0.717, 1.165) is 31.8 Å². The van der Waals surface area contributed by atoms with Gasteiger partial charge in [0.25, 0.3) is 0 Å². The molecule has 2 rings (SSSR count). The second kappa shape index (κ2) is 5.72. The number of methoxy groups -OCH3 is 1. The summed E-state index contributed by atoms with van der Waals surface area (Å²) < 4.78 is 10.8. The van der Waals surface area contributed by atoms with Crippen LogP contribution in [-0.4, -0.2) is 31.9 Å². The molecule has 1 heterocycles. The van der Waals surface area contributed by atoms with Crippen LogP contribution in [0.15, 0.2) is 24.3 Å². The van der Waals surface area contributed by atoms with Crippen molar-refractivity contribution < 1.29 is 9.47 Å². The fourth-order valence-corrected chi connectivity index (χ4v) is 2.38. The molecule has 0 radical (unpaired) electrons. The predicted molar refractivity (Wildman–Crippen MR) is 73.1 cm³/mol. The van der Waals surface area contributed by atoms with Crippen LogP contribution in [0.2, 0.25) is 0 Å². The van der Waals surface area contributed by atoms with Crippen molar-refractivity contribution in [2.45, 2.75) is 38.3 Å². The summed E-state index contributed by atoms with van der Waals surface area (Å²) >= 11 is 0. The number of hydrogen-bond donors (Lipinski definition) is 1. The molecule has 18 heavy (non-hydrogen) atoms. The summed E-state index contributed by atoms with van der Waals surface area (Å²) in [7, 11) is 1.69. The Hall–Kier alpha value is -1.06. The van der Waals surface area contributed by atoms with Crippen LogP contribution in [0.1, 0.15) is 25.8 Å². The first kappa shape index (κ1) is 13.4. The fraction of sp³-hybridized carbons (Fsp3) is 0.600. The normalized spacial score (nSPS) is 22.7. The highest BCUT2D eigenvalue weighted by Crippen LogP contribution is 2.16. The monoisotopic (exact) mass is 249 g/mol. The van der Waals surface area contributed by atoms with E-state index in [1.54, 1.807) is 7.11 Å². The van der Waals surface area contributed by atoms with Gasteiger partial charge in [0.15, 0.2) is 0 Å². The van der Waals surface area contributed by atoms with Gasteiger partial charge in [-0.05, 0) is 44.4 Å². The molecular weight excluding hydrogens is 226 g/mol. The topological polar surface area (TPSA) is 30.5 Å². The third kappa shape index (κ3) is 3.72. The Balaban J connectivity index is 1.83. The first-order valence-corrected chi connectivity index (χ1v) is 6.57. The van der Waals surface area contributed by atoms with Crippen LogP contribution in [0.5, 0.6) is 5.75 Å². The second-order valence-electron chi connectivity index (χ2n) is 5.63. The Morgan fingerprint density at radius 1 is 1.33 bits per heavy atom. The quantitative estimate of drug-likeness (QED) is 0.889. The highest BCUT2D eigenvalue weighted by molar-refractivity contribution is 5.27. The average Bonchev–Trinajstić information content (AvgIpc) is 2.36. The number of morpholine rings is 1. The van der Waals surface area contributed by atoms with Crippen molar-refractivity contribution in [3.63, 3.8) is 0 Å². The molecule has 100 valence electrons.